The Bertz CT molecular complexity index is 1550. The molecule has 0 amide bonds. The van der Waals surface area contributed by atoms with Crippen molar-refractivity contribution in [1.29, 1.82) is 0 Å². The standard InChI is InChI=1S/C31H18Br2/c32-19-16-17-23-20-8-1-2-11-24(20)30-27(14-7-15-29(30)33)31(28(23)18-19)25-12-5-3-9-21(25)22-10-4-6-13-26(22)31/h1-18H. The van der Waals surface area contributed by atoms with E-state index in [0.717, 1.165) is 8.95 Å². The van der Waals surface area contributed by atoms with Gasteiger partial charge in [-0.05, 0) is 68.3 Å². The van der Waals surface area contributed by atoms with Crippen LogP contribution in [0.1, 0.15) is 22.3 Å². The predicted molar refractivity (Wildman–Crippen MR) is 144 cm³/mol. The van der Waals surface area contributed by atoms with Crippen LogP contribution >= 0.6 is 31.9 Å². The van der Waals surface area contributed by atoms with E-state index in [1.165, 1.54) is 55.6 Å². The third kappa shape index (κ3) is 2.46. The summed E-state index contributed by atoms with van der Waals surface area (Å²) in [4.78, 5) is 0. The SMILES string of the molecule is Brc1ccc2c(c1)C1(c3ccccc3-c3ccccc31)c1cccc(Br)c1-c1ccccc1-2. The Kier molecular flexibility index (Phi) is 4.16. The second kappa shape index (κ2) is 7.03. The molecular formula is C31H18Br2. The van der Waals surface area contributed by atoms with Gasteiger partial charge in [0.15, 0.2) is 0 Å². The van der Waals surface area contributed by atoms with E-state index in [1.54, 1.807) is 0 Å². The Balaban J connectivity index is 1.80. The number of halogens is 2. The second-order valence-electron chi connectivity index (χ2n) is 8.74. The van der Waals surface area contributed by atoms with Gasteiger partial charge in [0.25, 0.3) is 0 Å². The van der Waals surface area contributed by atoms with Gasteiger partial charge in [0.2, 0.25) is 0 Å². The zero-order valence-corrected chi connectivity index (χ0v) is 20.8. The minimum atomic E-state index is -0.412. The second-order valence-corrected chi connectivity index (χ2v) is 10.5. The summed E-state index contributed by atoms with van der Waals surface area (Å²) in [6.07, 6.45) is 0. The van der Waals surface area contributed by atoms with Gasteiger partial charge in [-0.2, -0.15) is 0 Å². The van der Waals surface area contributed by atoms with E-state index >= 15 is 0 Å². The minimum absolute atomic E-state index is 0.412. The molecule has 7 rings (SSSR count). The highest BCUT2D eigenvalue weighted by molar-refractivity contribution is 9.10. The summed E-state index contributed by atoms with van der Waals surface area (Å²) >= 11 is 7.76. The van der Waals surface area contributed by atoms with E-state index in [9.17, 15) is 0 Å². The lowest BCUT2D eigenvalue weighted by Crippen LogP contribution is -2.29. The average Bonchev–Trinajstić information content (AvgIpc) is 3.09. The molecular weight excluding hydrogens is 532 g/mol. The lowest BCUT2D eigenvalue weighted by Gasteiger charge is -2.35. The molecule has 0 saturated carbocycles. The van der Waals surface area contributed by atoms with E-state index < -0.39 is 5.41 Å². The van der Waals surface area contributed by atoms with E-state index in [0.29, 0.717) is 0 Å². The number of hydrogen-bond donors (Lipinski definition) is 0. The monoisotopic (exact) mass is 548 g/mol. The fourth-order valence-electron chi connectivity index (χ4n) is 6.07. The van der Waals surface area contributed by atoms with Gasteiger partial charge in [-0.15, -0.1) is 0 Å². The Morgan fingerprint density at radius 3 is 1.67 bits per heavy atom. The molecule has 0 nitrogen and oxygen atoms in total. The van der Waals surface area contributed by atoms with Crippen molar-refractivity contribution in [3.05, 3.63) is 140 Å². The van der Waals surface area contributed by atoms with Gasteiger partial charge in [0, 0.05) is 14.5 Å². The van der Waals surface area contributed by atoms with Crippen LogP contribution in [0.5, 0.6) is 0 Å². The first-order valence-electron chi connectivity index (χ1n) is 11.1. The fourth-order valence-corrected chi connectivity index (χ4v) is 7.01. The third-order valence-electron chi connectivity index (χ3n) is 7.24. The third-order valence-corrected chi connectivity index (χ3v) is 8.40. The molecule has 0 aliphatic heterocycles. The van der Waals surface area contributed by atoms with Crippen LogP contribution < -0.4 is 0 Å². The fraction of sp³-hybridized carbons (Fsp3) is 0.0323. The molecule has 1 spiro atoms. The normalized spacial score (nSPS) is 14.0. The highest BCUT2D eigenvalue weighted by Gasteiger charge is 2.49. The summed E-state index contributed by atoms with van der Waals surface area (Å²) < 4.78 is 2.22. The van der Waals surface area contributed by atoms with E-state index in [-0.39, 0.29) is 0 Å². The van der Waals surface area contributed by atoms with Crippen LogP contribution in [-0.2, 0) is 5.41 Å². The number of hydrogen-bond acceptors (Lipinski definition) is 0. The van der Waals surface area contributed by atoms with Crippen molar-refractivity contribution in [2.75, 3.05) is 0 Å². The summed E-state index contributed by atoms with van der Waals surface area (Å²) in [7, 11) is 0. The van der Waals surface area contributed by atoms with Crippen LogP contribution in [0.4, 0.5) is 0 Å². The first-order valence-corrected chi connectivity index (χ1v) is 12.7. The first kappa shape index (κ1) is 19.5. The molecule has 2 aliphatic rings. The van der Waals surface area contributed by atoms with Crippen LogP contribution in [0.2, 0.25) is 0 Å². The van der Waals surface area contributed by atoms with Crippen molar-refractivity contribution in [2.24, 2.45) is 0 Å². The number of benzene rings is 5. The lowest BCUT2D eigenvalue weighted by atomic mass is 9.66. The van der Waals surface area contributed by atoms with Crippen molar-refractivity contribution in [3.8, 4) is 33.4 Å². The summed E-state index contributed by atoms with van der Waals surface area (Å²) in [5, 5.41) is 0. The van der Waals surface area contributed by atoms with Gasteiger partial charge < -0.3 is 0 Å². The molecule has 5 aromatic carbocycles. The van der Waals surface area contributed by atoms with Crippen LogP contribution in [0.15, 0.2) is 118 Å². The molecule has 0 radical (unpaired) electrons. The summed E-state index contributed by atoms with van der Waals surface area (Å²) in [6, 6.07) is 40.1. The van der Waals surface area contributed by atoms with Gasteiger partial charge in [0.05, 0.1) is 5.41 Å². The Hall–Kier alpha value is -2.94. The van der Waals surface area contributed by atoms with Crippen LogP contribution in [0.3, 0.4) is 0 Å². The molecule has 5 aromatic rings. The van der Waals surface area contributed by atoms with Gasteiger partial charge in [0.1, 0.15) is 0 Å². The van der Waals surface area contributed by atoms with Gasteiger partial charge >= 0.3 is 0 Å². The minimum Gasteiger partial charge on any atom is -0.0619 e. The maximum Gasteiger partial charge on any atom is 0.0726 e. The van der Waals surface area contributed by atoms with Gasteiger partial charge in [-0.25, -0.2) is 0 Å². The maximum atomic E-state index is 3.95. The van der Waals surface area contributed by atoms with Crippen LogP contribution in [0.25, 0.3) is 33.4 Å². The molecule has 156 valence electrons. The Morgan fingerprint density at radius 1 is 0.424 bits per heavy atom. The predicted octanol–water partition coefficient (Wildman–Crippen LogP) is 9.22. The van der Waals surface area contributed by atoms with Crippen molar-refractivity contribution < 1.29 is 0 Å². The zero-order valence-electron chi connectivity index (χ0n) is 17.6. The summed E-state index contributed by atoms with van der Waals surface area (Å²) in [5.41, 5.74) is 12.6. The summed E-state index contributed by atoms with van der Waals surface area (Å²) in [6.45, 7) is 0. The summed E-state index contributed by atoms with van der Waals surface area (Å²) in [5.74, 6) is 0. The van der Waals surface area contributed by atoms with E-state index in [4.69, 9.17) is 0 Å². The van der Waals surface area contributed by atoms with Crippen molar-refractivity contribution >= 4 is 31.9 Å². The molecule has 0 bridgehead atoms. The average molecular weight is 550 g/mol. The topological polar surface area (TPSA) is 0 Å². The molecule has 0 unspecified atom stereocenters. The largest absolute Gasteiger partial charge is 0.0726 e. The smallest absolute Gasteiger partial charge is 0.0619 e. The molecule has 33 heavy (non-hydrogen) atoms. The quantitative estimate of drug-likeness (QED) is 0.177. The molecule has 0 saturated heterocycles. The molecule has 2 aliphatic carbocycles. The van der Waals surface area contributed by atoms with Crippen molar-refractivity contribution in [2.45, 2.75) is 5.41 Å². The molecule has 0 heterocycles. The van der Waals surface area contributed by atoms with E-state index in [1.807, 2.05) is 0 Å². The van der Waals surface area contributed by atoms with Crippen LogP contribution in [0, 0.1) is 0 Å². The lowest BCUT2D eigenvalue weighted by molar-refractivity contribution is 0.774. The molecule has 0 atom stereocenters. The Morgan fingerprint density at radius 2 is 0.970 bits per heavy atom. The van der Waals surface area contributed by atoms with E-state index in [2.05, 4.69) is 141 Å². The van der Waals surface area contributed by atoms with Crippen molar-refractivity contribution in [1.82, 2.24) is 0 Å². The number of fused-ring (bicyclic) bond motifs is 12. The highest BCUT2D eigenvalue weighted by Crippen LogP contribution is 2.62. The Labute approximate surface area is 210 Å². The molecule has 0 fully saturated rings. The zero-order chi connectivity index (χ0) is 22.2. The maximum absolute atomic E-state index is 3.95. The van der Waals surface area contributed by atoms with Crippen LogP contribution in [-0.4, -0.2) is 0 Å². The van der Waals surface area contributed by atoms with Crippen molar-refractivity contribution in [3.63, 3.8) is 0 Å². The first-order chi connectivity index (χ1) is 16.2. The van der Waals surface area contributed by atoms with Gasteiger partial charge in [-0.1, -0.05) is 123 Å². The van der Waals surface area contributed by atoms with Gasteiger partial charge in [-0.3, -0.25) is 0 Å². The highest BCUT2D eigenvalue weighted by atomic mass is 79.9. The molecule has 0 aromatic heterocycles. The molecule has 2 heteroatoms. The number of rotatable bonds is 0. The molecule has 0 N–H and O–H groups in total.